The standard InChI is InChI=1S/C13H10O4/c14-11(15)2-1-8-7-9-3-5-16-12(9)13-10(8)4-6-17-13/h3-7H,1-2H2,(H,14,15). The SMILES string of the molecule is O=C(O)CCc1cc2ccoc2c2occc12. The number of fused-ring (bicyclic) bond motifs is 3. The molecule has 0 radical (unpaired) electrons. The Balaban J connectivity index is 2.19. The first kappa shape index (κ1) is 9.96. The van der Waals surface area contributed by atoms with Crippen molar-refractivity contribution in [3.05, 3.63) is 36.3 Å². The van der Waals surface area contributed by atoms with E-state index in [0.717, 1.165) is 16.3 Å². The smallest absolute Gasteiger partial charge is 0.303 e. The highest BCUT2D eigenvalue weighted by atomic mass is 16.4. The maximum absolute atomic E-state index is 10.6. The van der Waals surface area contributed by atoms with Crippen molar-refractivity contribution >= 4 is 27.9 Å². The third-order valence-corrected chi connectivity index (χ3v) is 2.85. The molecule has 0 aliphatic rings. The van der Waals surface area contributed by atoms with Gasteiger partial charge in [0.1, 0.15) is 0 Å². The van der Waals surface area contributed by atoms with Crippen molar-refractivity contribution in [3.63, 3.8) is 0 Å². The highest BCUT2D eigenvalue weighted by Gasteiger charge is 2.12. The van der Waals surface area contributed by atoms with Gasteiger partial charge in [-0.15, -0.1) is 0 Å². The first-order valence-electron chi connectivity index (χ1n) is 5.34. The van der Waals surface area contributed by atoms with Crippen molar-refractivity contribution in [1.29, 1.82) is 0 Å². The number of carbonyl (C=O) groups is 1. The van der Waals surface area contributed by atoms with Crippen molar-refractivity contribution in [2.45, 2.75) is 12.8 Å². The maximum atomic E-state index is 10.6. The Labute approximate surface area is 96.4 Å². The van der Waals surface area contributed by atoms with Crippen LogP contribution >= 0.6 is 0 Å². The summed E-state index contributed by atoms with van der Waals surface area (Å²) in [7, 11) is 0. The Morgan fingerprint density at radius 3 is 2.76 bits per heavy atom. The molecule has 4 heteroatoms. The quantitative estimate of drug-likeness (QED) is 0.750. The number of hydrogen-bond acceptors (Lipinski definition) is 3. The van der Waals surface area contributed by atoms with Crippen LogP contribution in [-0.4, -0.2) is 11.1 Å². The molecule has 0 aliphatic heterocycles. The lowest BCUT2D eigenvalue weighted by Gasteiger charge is -2.01. The summed E-state index contributed by atoms with van der Waals surface area (Å²) in [6.07, 6.45) is 3.81. The van der Waals surface area contributed by atoms with Gasteiger partial charge in [-0.25, -0.2) is 0 Å². The maximum Gasteiger partial charge on any atom is 0.303 e. The molecule has 2 heterocycles. The van der Waals surface area contributed by atoms with Crippen LogP contribution in [0.25, 0.3) is 21.9 Å². The van der Waals surface area contributed by atoms with Gasteiger partial charge in [-0.3, -0.25) is 4.79 Å². The molecule has 0 amide bonds. The van der Waals surface area contributed by atoms with E-state index in [9.17, 15) is 4.79 Å². The monoisotopic (exact) mass is 230 g/mol. The van der Waals surface area contributed by atoms with Gasteiger partial charge in [0.25, 0.3) is 0 Å². The molecule has 0 fully saturated rings. The highest BCUT2D eigenvalue weighted by molar-refractivity contribution is 6.02. The van der Waals surface area contributed by atoms with Gasteiger partial charge in [0.05, 0.1) is 12.5 Å². The fraction of sp³-hybridized carbons (Fsp3) is 0.154. The summed E-state index contributed by atoms with van der Waals surface area (Å²) in [5, 5.41) is 10.6. The van der Waals surface area contributed by atoms with Crippen LogP contribution in [0.4, 0.5) is 0 Å². The number of benzene rings is 1. The van der Waals surface area contributed by atoms with E-state index in [4.69, 9.17) is 13.9 Å². The molecule has 17 heavy (non-hydrogen) atoms. The topological polar surface area (TPSA) is 63.6 Å². The second kappa shape index (κ2) is 3.66. The van der Waals surface area contributed by atoms with Gasteiger partial charge in [0.2, 0.25) is 0 Å². The fourth-order valence-electron chi connectivity index (χ4n) is 2.07. The van der Waals surface area contributed by atoms with Crippen LogP contribution in [0.15, 0.2) is 39.6 Å². The Kier molecular flexibility index (Phi) is 2.14. The number of hydrogen-bond donors (Lipinski definition) is 1. The Bertz CT molecular complexity index is 690. The van der Waals surface area contributed by atoms with Gasteiger partial charge in [-0.2, -0.15) is 0 Å². The molecule has 1 N–H and O–H groups in total. The van der Waals surface area contributed by atoms with E-state index in [0.29, 0.717) is 17.6 Å². The third kappa shape index (κ3) is 1.58. The molecular formula is C13H10O4. The van der Waals surface area contributed by atoms with E-state index in [-0.39, 0.29) is 6.42 Å². The zero-order chi connectivity index (χ0) is 11.8. The van der Waals surface area contributed by atoms with Crippen molar-refractivity contribution in [3.8, 4) is 0 Å². The third-order valence-electron chi connectivity index (χ3n) is 2.85. The molecule has 3 aromatic rings. The number of carboxylic acids is 1. The van der Waals surface area contributed by atoms with Crippen molar-refractivity contribution in [2.24, 2.45) is 0 Å². The minimum absolute atomic E-state index is 0.115. The van der Waals surface area contributed by atoms with Crippen molar-refractivity contribution in [2.75, 3.05) is 0 Å². The summed E-state index contributed by atoms with van der Waals surface area (Å²) in [4.78, 5) is 10.6. The molecule has 4 nitrogen and oxygen atoms in total. The Hall–Kier alpha value is -2.23. The Morgan fingerprint density at radius 2 is 1.94 bits per heavy atom. The molecule has 0 saturated carbocycles. The number of aryl methyl sites for hydroxylation is 1. The van der Waals surface area contributed by atoms with E-state index in [1.54, 1.807) is 12.5 Å². The summed E-state index contributed by atoms with van der Waals surface area (Å²) in [6.45, 7) is 0. The minimum Gasteiger partial charge on any atom is -0.481 e. The van der Waals surface area contributed by atoms with Crippen LogP contribution in [0.2, 0.25) is 0 Å². The number of furan rings is 2. The fourth-order valence-corrected chi connectivity index (χ4v) is 2.07. The predicted octanol–water partition coefficient (Wildman–Crippen LogP) is 3.20. The lowest BCUT2D eigenvalue weighted by molar-refractivity contribution is -0.136. The summed E-state index contributed by atoms with van der Waals surface area (Å²) < 4.78 is 10.8. The van der Waals surface area contributed by atoms with Crippen molar-refractivity contribution in [1.82, 2.24) is 0 Å². The Morgan fingerprint density at radius 1 is 1.18 bits per heavy atom. The van der Waals surface area contributed by atoms with E-state index in [1.165, 1.54) is 0 Å². The summed E-state index contributed by atoms with van der Waals surface area (Å²) in [5.41, 5.74) is 2.38. The lowest BCUT2D eigenvalue weighted by atomic mass is 10.0. The highest BCUT2D eigenvalue weighted by Crippen LogP contribution is 2.30. The molecule has 0 aliphatic carbocycles. The molecule has 0 bridgehead atoms. The van der Waals surface area contributed by atoms with E-state index in [1.807, 2.05) is 18.2 Å². The van der Waals surface area contributed by atoms with Crippen LogP contribution in [0.3, 0.4) is 0 Å². The molecule has 3 rings (SSSR count). The molecular weight excluding hydrogens is 220 g/mol. The zero-order valence-electron chi connectivity index (χ0n) is 8.97. The largest absolute Gasteiger partial charge is 0.481 e. The van der Waals surface area contributed by atoms with Gasteiger partial charge in [-0.1, -0.05) is 0 Å². The van der Waals surface area contributed by atoms with Crippen LogP contribution < -0.4 is 0 Å². The molecule has 2 aromatic heterocycles. The summed E-state index contributed by atoms with van der Waals surface area (Å²) in [5.74, 6) is -0.797. The van der Waals surface area contributed by atoms with Gasteiger partial charge in [0, 0.05) is 17.2 Å². The number of aliphatic carboxylic acids is 1. The number of rotatable bonds is 3. The predicted molar refractivity (Wildman–Crippen MR) is 61.9 cm³/mol. The summed E-state index contributed by atoms with van der Waals surface area (Å²) >= 11 is 0. The second-order valence-corrected chi connectivity index (χ2v) is 3.93. The number of carboxylic acid groups (broad SMARTS) is 1. The average Bonchev–Trinajstić information content (AvgIpc) is 2.92. The molecule has 1 aromatic carbocycles. The van der Waals surface area contributed by atoms with Crippen LogP contribution in [0.5, 0.6) is 0 Å². The van der Waals surface area contributed by atoms with Gasteiger partial charge < -0.3 is 13.9 Å². The first-order chi connectivity index (χ1) is 8.25. The molecule has 86 valence electrons. The molecule has 0 atom stereocenters. The average molecular weight is 230 g/mol. The minimum atomic E-state index is -0.797. The van der Waals surface area contributed by atoms with Gasteiger partial charge in [0.15, 0.2) is 11.2 Å². The van der Waals surface area contributed by atoms with Gasteiger partial charge in [-0.05, 0) is 30.2 Å². The van der Waals surface area contributed by atoms with E-state index in [2.05, 4.69) is 0 Å². The summed E-state index contributed by atoms with van der Waals surface area (Å²) in [6, 6.07) is 5.65. The zero-order valence-corrected chi connectivity index (χ0v) is 8.97. The molecule has 0 saturated heterocycles. The molecule has 0 spiro atoms. The first-order valence-corrected chi connectivity index (χ1v) is 5.34. The van der Waals surface area contributed by atoms with Crippen LogP contribution in [-0.2, 0) is 11.2 Å². The normalized spacial score (nSPS) is 11.3. The van der Waals surface area contributed by atoms with Crippen LogP contribution in [0.1, 0.15) is 12.0 Å². The van der Waals surface area contributed by atoms with E-state index >= 15 is 0 Å². The van der Waals surface area contributed by atoms with Gasteiger partial charge >= 0.3 is 5.97 Å². The lowest BCUT2D eigenvalue weighted by Crippen LogP contribution is -1.97. The van der Waals surface area contributed by atoms with Crippen LogP contribution in [0, 0.1) is 0 Å². The van der Waals surface area contributed by atoms with Crippen molar-refractivity contribution < 1.29 is 18.7 Å². The second-order valence-electron chi connectivity index (χ2n) is 3.93. The van der Waals surface area contributed by atoms with E-state index < -0.39 is 5.97 Å². The molecule has 0 unspecified atom stereocenters.